The zero-order chi connectivity index (χ0) is 12.7. The van der Waals surface area contributed by atoms with Crippen molar-refractivity contribution in [2.75, 3.05) is 19.8 Å². The van der Waals surface area contributed by atoms with E-state index in [4.69, 9.17) is 27.9 Å². The van der Waals surface area contributed by atoms with Gasteiger partial charge in [0, 0.05) is 12.6 Å². The predicted octanol–water partition coefficient (Wildman–Crippen LogP) is 3.55. The number of nitrogens with one attached hydrogen (secondary N) is 1. The van der Waals surface area contributed by atoms with Gasteiger partial charge in [0.1, 0.15) is 0 Å². The Bertz CT molecular complexity index is 344. The van der Waals surface area contributed by atoms with E-state index in [-0.39, 0.29) is 6.04 Å². The van der Waals surface area contributed by atoms with Crippen molar-refractivity contribution in [2.24, 2.45) is 0 Å². The summed E-state index contributed by atoms with van der Waals surface area (Å²) >= 11 is 12.2. The first-order valence-electron chi connectivity index (χ1n) is 5.93. The average molecular weight is 276 g/mol. The van der Waals surface area contributed by atoms with Crippen LogP contribution in [0, 0.1) is 0 Å². The van der Waals surface area contributed by atoms with Crippen LogP contribution < -0.4 is 5.32 Å². The van der Waals surface area contributed by atoms with Gasteiger partial charge in [-0.25, -0.2) is 0 Å². The third-order valence-corrected chi connectivity index (χ3v) is 3.37. The van der Waals surface area contributed by atoms with Crippen LogP contribution in [0.1, 0.15) is 19.4 Å². The molecule has 0 saturated heterocycles. The summed E-state index contributed by atoms with van der Waals surface area (Å²) < 4.78 is 5.45. The van der Waals surface area contributed by atoms with Gasteiger partial charge in [0.15, 0.2) is 0 Å². The number of hydrogen-bond donors (Lipinski definition) is 1. The number of rotatable bonds is 7. The highest BCUT2D eigenvalue weighted by atomic mass is 35.5. The lowest BCUT2D eigenvalue weighted by atomic mass is 10.1. The predicted molar refractivity (Wildman–Crippen MR) is 74.1 cm³/mol. The van der Waals surface area contributed by atoms with Crippen molar-refractivity contribution in [2.45, 2.75) is 26.3 Å². The fourth-order valence-electron chi connectivity index (χ4n) is 1.71. The summed E-state index contributed by atoms with van der Waals surface area (Å²) in [4.78, 5) is 0. The normalized spacial score (nSPS) is 12.7. The zero-order valence-electron chi connectivity index (χ0n) is 10.3. The molecule has 96 valence electrons. The highest BCUT2D eigenvalue weighted by Gasteiger charge is 2.12. The molecule has 0 amide bonds. The molecular weight excluding hydrogens is 257 g/mol. The number of hydrogen-bond acceptors (Lipinski definition) is 2. The molecular formula is C13H19Cl2NO. The van der Waals surface area contributed by atoms with E-state index in [0.717, 1.165) is 25.1 Å². The summed E-state index contributed by atoms with van der Waals surface area (Å²) in [5.41, 5.74) is 1.06. The van der Waals surface area contributed by atoms with Crippen molar-refractivity contribution in [3.05, 3.63) is 33.8 Å². The fraction of sp³-hybridized carbons (Fsp3) is 0.538. The molecule has 0 radical (unpaired) electrons. The third kappa shape index (κ3) is 4.84. The van der Waals surface area contributed by atoms with Crippen LogP contribution in [0.15, 0.2) is 18.2 Å². The van der Waals surface area contributed by atoms with E-state index in [0.29, 0.717) is 16.7 Å². The lowest BCUT2D eigenvalue weighted by Gasteiger charge is -2.18. The molecule has 0 saturated carbocycles. The van der Waals surface area contributed by atoms with Crippen LogP contribution in [0.25, 0.3) is 0 Å². The molecule has 1 atom stereocenters. The van der Waals surface area contributed by atoms with Gasteiger partial charge in [0.05, 0.1) is 16.7 Å². The Labute approximate surface area is 113 Å². The van der Waals surface area contributed by atoms with Crippen LogP contribution in [0.3, 0.4) is 0 Å². The standard InChI is InChI=1S/C13H19Cl2NO/c1-3-16-11(9-17-4-2)8-10-6-5-7-12(14)13(10)15/h5-7,11,16H,3-4,8-9H2,1-2H3. The summed E-state index contributed by atoms with van der Waals surface area (Å²) in [6.07, 6.45) is 0.827. The first kappa shape index (κ1) is 14.8. The fourth-order valence-corrected chi connectivity index (χ4v) is 2.11. The summed E-state index contributed by atoms with van der Waals surface area (Å²) in [7, 11) is 0. The molecule has 1 unspecified atom stereocenters. The van der Waals surface area contributed by atoms with E-state index in [1.54, 1.807) is 6.07 Å². The van der Waals surface area contributed by atoms with Crippen molar-refractivity contribution in [1.29, 1.82) is 0 Å². The van der Waals surface area contributed by atoms with Crippen LogP contribution in [-0.2, 0) is 11.2 Å². The molecule has 2 nitrogen and oxygen atoms in total. The van der Waals surface area contributed by atoms with Gasteiger partial charge in [0.25, 0.3) is 0 Å². The van der Waals surface area contributed by atoms with Crippen molar-refractivity contribution in [3.8, 4) is 0 Å². The largest absolute Gasteiger partial charge is 0.380 e. The van der Waals surface area contributed by atoms with Crippen LogP contribution in [0.2, 0.25) is 10.0 Å². The maximum absolute atomic E-state index is 6.17. The zero-order valence-corrected chi connectivity index (χ0v) is 11.8. The molecule has 0 aliphatic heterocycles. The van der Waals surface area contributed by atoms with E-state index in [9.17, 15) is 0 Å². The van der Waals surface area contributed by atoms with E-state index >= 15 is 0 Å². The topological polar surface area (TPSA) is 21.3 Å². The average Bonchev–Trinajstić information content (AvgIpc) is 2.32. The van der Waals surface area contributed by atoms with Crippen LogP contribution in [0.5, 0.6) is 0 Å². The maximum Gasteiger partial charge on any atom is 0.0624 e. The molecule has 1 aromatic carbocycles. The van der Waals surface area contributed by atoms with Gasteiger partial charge in [-0.3, -0.25) is 0 Å². The Balaban J connectivity index is 2.67. The second-order valence-corrected chi connectivity index (χ2v) is 4.62. The molecule has 4 heteroatoms. The second-order valence-electron chi connectivity index (χ2n) is 3.83. The van der Waals surface area contributed by atoms with E-state index in [2.05, 4.69) is 12.2 Å². The number of halogens is 2. The molecule has 0 aliphatic carbocycles. The highest BCUT2D eigenvalue weighted by molar-refractivity contribution is 6.42. The van der Waals surface area contributed by atoms with Crippen molar-refractivity contribution >= 4 is 23.2 Å². The molecule has 1 aromatic rings. The van der Waals surface area contributed by atoms with E-state index in [1.807, 2.05) is 19.1 Å². The number of ether oxygens (including phenoxy) is 1. The Hall–Kier alpha value is -0.280. The van der Waals surface area contributed by atoms with Gasteiger partial charge in [-0.2, -0.15) is 0 Å². The Morgan fingerprint density at radius 3 is 2.71 bits per heavy atom. The smallest absolute Gasteiger partial charge is 0.0624 e. The molecule has 0 fully saturated rings. The van der Waals surface area contributed by atoms with Gasteiger partial charge in [-0.15, -0.1) is 0 Å². The number of benzene rings is 1. The number of likely N-dealkylation sites (N-methyl/N-ethyl adjacent to an activating group) is 1. The first-order chi connectivity index (χ1) is 8.19. The van der Waals surface area contributed by atoms with Gasteiger partial charge in [-0.05, 0) is 31.5 Å². The summed E-state index contributed by atoms with van der Waals surface area (Å²) in [6.45, 7) is 6.40. The minimum Gasteiger partial charge on any atom is -0.380 e. The minimum atomic E-state index is 0.274. The van der Waals surface area contributed by atoms with E-state index in [1.165, 1.54) is 0 Å². The summed E-state index contributed by atoms with van der Waals surface area (Å²) in [6, 6.07) is 6.01. The third-order valence-electron chi connectivity index (χ3n) is 2.51. The molecule has 1 rings (SSSR count). The van der Waals surface area contributed by atoms with Gasteiger partial charge < -0.3 is 10.1 Å². The molecule has 0 aromatic heterocycles. The minimum absolute atomic E-state index is 0.274. The second kappa shape index (κ2) is 7.93. The Morgan fingerprint density at radius 1 is 1.29 bits per heavy atom. The van der Waals surface area contributed by atoms with Gasteiger partial charge >= 0.3 is 0 Å². The SMILES string of the molecule is CCNC(COCC)Cc1cccc(Cl)c1Cl. The van der Waals surface area contributed by atoms with Crippen molar-refractivity contribution < 1.29 is 4.74 Å². The van der Waals surface area contributed by atoms with Crippen molar-refractivity contribution in [3.63, 3.8) is 0 Å². The van der Waals surface area contributed by atoms with E-state index < -0.39 is 0 Å². The maximum atomic E-state index is 6.17. The molecule has 0 bridgehead atoms. The van der Waals surface area contributed by atoms with Crippen LogP contribution in [-0.4, -0.2) is 25.8 Å². The Kier molecular flexibility index (Phi) is 6.90. The molecule has 1 N–H and O–H groups in total. The molecule has 0 heterocycles. The summed E-state index contributed by atoms with van der Waals surface area (Å²) in [5, 5.41) is 4.64. The molecule has 17 heavy (non-hydrogen) atoms. The monoisotopic (exact) mass is 275 g/mol. The quantitative estimate of drug-likeness (QED) is 0.822. The van der Waals surface area contributed by atoms with Gasteiger partial charge in [0.2, 0.25) is 0 Å². The summed E-state index contributed by atoms with van der Waals surface area (Å²) in [5.74, 6) is 0. The first-order valence-corrected chi connectivity index (χ1v) is 6.68. The lowest BCUT2D eigenvalue weighted by molar-refractivity contribution is 0.123. The molecule has 0 spiro atoms. The highest BCUT2D eigenvalue weighted by Crippen LogP contribution is 2.26. The molecule has 0 aliphatic rings. The van der Waals surface area contributed by atoms with Crippen LogP contribution >= 0.6 is 23.2 Å². The van der Waals surface area contributed by atoms with Gasteiger partial charge in [-0.1, -0.05) is 42.3 Å². The van der Waals surface area contributed by atoms with Crippen LogP contribution in [0.4, 0.5) is 0 Å². The Morgan fingerprint density at radius 2 is 2.06 bits per heavy atom. The lowest BCUT2D eigenvalue weighted by Crippen LogP contribution is -2.35. The van der Waals surface area contributed by atoms with Crippen molar-refractivity contribution in [1.82, 2.24) is 5.32 Å².